The van der Waals surface area contributed by atoms with E-state index in [9.17, 15) is 18.0 Å². The Bertz CT molecular complexity index is 1150. The van der Waals surface area contributed by atoms with E-state index in [1.54, 1.807) is 17.0 Å². The van der Waals surface area contributed by atoms with Crippen LogP contribution in [0.25, 0.3) is 0 Å². The Balaban J connectivity index is 1.49. The number of amides is 2. The number of hydrogen-bond acceptors (Lipinski definition) is 7. The molecule has 1 aromatic carbocycles. The highest BCUT2D eigenvalue weighted by molar-refractivity contribution is 9.11. The zero-order valence-corrected chi connectivity index (χ0v) is 23.2. The van der Waals surface area contributed by atoms with Crippen LogP contribution in [0.5, 0.6) is 0 Å². The molecule has 0 spiro atoms. The molecule has 1 N–H and O–H groups in total. The number of nitrogens with one attached hydrogen (secondary N) is 1. The fraction of sp³-hybridized carbons (Fsp3) is 0.520. The van der Waals surface area contributed by atoms with E-state index in [2.05, 4.69) is 21.4 Å². The molecule has 0 saturated carbocycles. The Labute approximate surface area is 224 Å². The summed E-state index contributed by atoms with van der Waals surface area (Å²) >= 11 is 4.72. The van der Waals surface area contributed by atoms with E-state index in [1.165, 1.54) is 11.3 Å². The van der Waals surface area contributed by atoms with Gasteiger partial charge in [0.25, 0.3) is 0 Å². The lowest BCUT2D eigenvalue weighted by atomic mass is 9.97. The molecule has 2 aliphatic heterocycles. The quantitative estimate of drug-likeness (QED) is 0.462. The largest absolute Gasteiger partial charge is 0.350 e. The molecule has 3 heterocycles. The lowest BCUT2D eigenvalue weighted by Crippen LogP contribution is -2.43. The lowest BCUT2D eigenvalue weighted by Gasteiger charge is -2.31. The maximum absolute atomic E-state index is 13.7. The van der Waals surface area contributed by atoms with Crippen LogP contribution in [-0.2, 0) is 40.2 Å². The molecule has 2 aromatic rings. The number of aryl methyl sites for hydroxylation is 1. The first kappa shape index (κ1) is 27.3. The molecule has 196 valence electrons. The zero-order valence-electron chi connectivity index (χ0n) is 20.0. The molecule has 1 aromatic heterocycles. The van der Waals surface area contributed by atoms with Crippen molar-refractivity contribution in [2.45, 2.75) is 56.0 Å². The van der Waals surface area contributed by atoms with Crippen LogP contribution in [0.4, 0.5) is 0 Å². The highest BCUT2D eigenvalue weighted by Gasteiger charge is 2.49. The molecule has 0 bridgehead atoms. The summed E-state index contributed by atoms with van der Waals surface area (Å²) in [6.07, 6.45) is 2.76. The number of carbonyl (C=O) groups excluding carboxylic acids is 2. The zero-order chi connectivity index (χ0) is 25.6. The van der Waals surface area contributed by atoms with Crippen LogP contribution >= 0.6 is 27.3 Å². The van der Waals surface area contributed by atoms with E-state index in [0.717, 1.165) is 22.2 Å². The fourth-order valence-electron chi connectivity index (χ4n) is 4.66. The van der Waals surface area contributed by atoms with E-state index in [4.69, 9.17) is 9.57 Å². The first-order valence-corrected chi connectivity index (χ1v) is 15.4. The first-order valence-electron chi connectivity index (χ1n) is 12.1. The molecule has 2 aliphatic rings. The average Bonchev–Trinajstić information content (AvgIpc) is 3.27. The van der Waals surface area contributed by atoms with Crippen LogP contribution in [0.1, 0.15) is 49.0 Å². The molecule has 0 aliphatic carbocycles. The van der Waals surface area contributed by atoms with Gasteiger partial charge >= 0.3 is 0 Å². The molecule has 4 rings (SSSR count). The molecule has 2 unspecified atom stereocenters. The van der Waals surface area contributed by atoms with Crippen molar-refractivity contribution >= 4 is 48.9 Å². The summed E-state index contributed by atoms with van der Waals surface area (Å²) in [5.74, 6) is -0.819. The second-order valence-corrected chi connectivity index (χ2v) is 14.0. The average molecular weight is 600 g/mol. The predicted molar refractivity (Wildman–Crippen MR) is 141 cm³/mol. The standard InChI is InChI=1S/C25H31BrN2O6S2/c26-21-11-10-20(35-21)25(18-22(29)27-34-24-8-4-5-16-33-24)13-14-28(15-17-36(25,31)32)23(30)12-9-19-6-2-1-3-7-19/h1-3,6-7,10-11,24H,4-5,8-9,12-18H2,(H,27,29). The number of halogens is 1. The van der Waals surface area contributed by atoms with Gasteiger partial charge in [0, 0.05) is 37.4 Å². The molecular formula is C25H31BrN2O6S2. The van der Waals surface area contributed by atoms with E-state index in [0.29, 0.717) is 30.7 Å². The summed E-state index contributed by atoms with van der Waals surface area (Å²) in [7, 11) is -3.79. The molecule has 0 radical (unpaired) electrons. The fourth-order valence-corrected chi connectivity index (χ4v) is 8.65. The summed E-state index contributed by atoms with van der Waals surface area (Å²) in [6.45, 7) is 0.927. The molecule has 2 saturated heterocycles. The molecule has 8 nitrogen and oxygen atoms in total. The maximum atomic E-state index is 13.7. The van der Waals surface area contributed by atoms with Crippen molar-refractivity contribution in [2.75, 3.05) is 25.4 Å². The Morgan fingerprint density at radius 1 is 1.17 bits per heavy atom. The number of hydrogen-bond donors (Lipinski definition) is 1. The van der Waals surface area contributed by atoms with Crippen molar-refractivity contribution in [1.82, 2.24) is 10.4 Å². The van der Waals surface area contributed by atoms with Gasteiger partial charge in [-0.25, -0.2) is 18.7 Å². The van der Waals surface area contributed by atoms with Crippen molar-refractivity contribution < 1.29 is 27.6 Å². The van der Waals surface area contributed by atoms with Crippen molar-refractivity contribution in [3.63, 3.8) is 0 Å². The summed E-state index contributed by atoms with van der Waals surface area (Å²) < 4.78 is 32.3. The van der Waals surface area contributed by atoms with Gasteiger partial charge in [-0.15, -0.1) is 11.3 Å². The SMILES string of the molecule is O=C(CC1(c2ccc(Br)s2)CCN(C(=O)CCc2ccccc2)CCS1(=O)=O)NOC1CCCCO1. The maximum Gasteiger partial charge on any atom is 0.245 e. The number of rotatable bonds is 8. The second kappa shape index (κ2) is 12.2. The third kappa shape index (κ3) is 6.55. The minimum Gasteiger partial charge on any atom is -0.350 e. The smallest absolute Gasteiger partial charge is 0.245 e. The first-order chi connectivity index (χ1) is 17.3. The number of ether oxygens (including phenoxy) is 1. The third-order valence-corrected chi connectivity index (χ3v) is 11.2. The number of benzene rings is 1. The highest BCUT2D eigenvalue weighted by Crippen LogP contribution is 2.44. The van der Waals surface area contributed by atoms with Gasteiger partial charge < -0.3 is 9.64 Å². The van der Waals surface area contributed by atoms with E-state index < -0.39 is 26.8 Å². The minimum atomic E-state index is -3.79. The van der Waals surface area contributed by atoms with Gasteiger partial charge in [-0.2, -0.15) is 0 Å². The number of hydroxylamine groups is 1. The van der Waals surface area contributed by atoms with Crippen LogP contribution in [0.15, 0.2) is 46.3 Å². The van der Waals surface area contributed by atoms with Crippen molar-refractivity contribution in [2.24, 2.45) is 0 Å². The van der Waals surface area contributed by atoms with Gasteiger partial charge in [-0.3, -0.25) is 9.59 Å². The van der Waals surface area contributed by atoms with Crippen LogP contribution in [0.3, 0.4) is 0 Å². The van der Waals surface area contributed by atoms with Gasteiger partial charge in [0.15, 0.2) is 16.1 Å². The van der Waals surface area contributed by atoms with E-state index >= 15 is 0 Å². The van der Waals surface area contributed by atoms with Crippen LogP contribution < -0.4 is 5.48 Å². The summed E-state index contributed by atoms with van der Waals surface area (Å²) in [6, 6.07) is 13.3. The Morgan fingerprint density at radius 2 is 1.97 bits per heavy atom. The van der Waals surface area contributed by atoms with Crippen LogP contribution in [-0.4, -0.2) is 56.9 Å². The number of nitrogens with zero attached hydrogens (tertiary/aromatic N) is 1. The molecule has 36 heavy (non-hydrogen) atoms. The summed E-state index contributed by atoms with van der Waals surface area (Å²) in [5.41, 5.74) is 3.48. The highest BCUT2D eigenvalue weighted by atomic mass is 79.9. The van der Waals surface area contributed by atoms with Gasteiger partial charge in [0.2, 0.25) is 11.8 Å². The summed E-state index contributed by atoms with van der Waals surface area (Å²) in [4.78, 5) is 33.6. The van der Waals surface area contributed by atoms with Crippen molar-refractivity contribution in [1.29, 1.82) is 0 Å². The molecule has 2 amide bonds. The molecule has 11 heteroatoms. The van der Waals surface area contributed by atoms with Crippen molar-refractivity contribution in [3.8, 4) is 0 Å². The molecular weight excluding hydrogens is 568 g/mol. The Morgan fingerprint density at radius 3 is 2.67 bits per heavy atom. The van der Waals surface area contributed by atoms with E-state index in [1.807, 2.05) is 30.3 Å². The third-order valence-electron chi connectivity index (χ3n) is 6.74. The molecule has 2 atom stereocenters. The lowest BCUT2D eigenvalue weighted by molar-refractivity contribution is -0.200. The van der Waals surface area contributed by atoms with Gasteiger partial charge in [-0.05, 0) is 59.3 Å². The molecule has 2 fully saturated rings. The Hall–Kier alpha value is -1.79. The topological polar surface area (TPSA) is 102 Å². The minimum absolute atomic E-state index is 0.0838. The van der Waals surface area contributed by atoms with Gasteiger partial charge in [-0.1, -0.05) is 30.3 Å². The summed E-state index contributed by atoms with van der Waals surface area (Å²) in [5, 5.41) is 0. The number of sulfone groups is 1. The van der Waals surface area contributed by atoms with Crippen LogP contribution in [0, 0.1) is 0 Å². The second-order valence-electron chi connectivity index (χ2n) is 9.15. The van der Waals surface area contributed by atoms with Gasteiger partial charge in [0.1, 0.15) is 4.75 Å². The van der Waals surface area contributed by atoms with E-state index in [-0.39, 0.29) is 37.6 Å². The van der Waals surface area contributed by atoms with Crippen LogP contribution in [0.2, 0.25) is 0 Å². The predicted octanol–water partition coefficient (Wildman–Crippen LogP) is 3.95. The van der Waals surface area contributed by atoms with Crippen molar-refractivity contribution in [3.05, 3.63) is 56.7 Å². The number of carbonyl (C=O) groups is 2. The normalized spacial score (nSPS) is 24.1. The Kier molecular flexibility index (Phi) is 9.21. The monoisotopic (exact) mass is 598 g/mol. The van der Waals surface area contributed by atoms with Gasteiger partial charge in [0.05, 0.1) is 16.0 Å². The number of thiophene rings is 1.